The van der Waals surface area contributed by atoms with Crippen LogP contribution in [0.4, 0.5) is 0 Å². The fourth-order valence-electron chi connectivity index (χ4n) is 7.80. The largest absolute Gasteiger partial charge is 0.0852 e. The Kier molecular flexibility index (Phi) is 5.71. The van der Waals surface area contributed by atoms with Gasteiger partial charge in [-0.25, -0.2) is 0 Å². The Bertz CT molecular complexity index is 706. The lowest BCUT2D eigenvalue weighted by atomic mass is 9.49. The quantitative estimate of drug-likeness (QED) is 0.419. The van der Waals surface area contributed by atoms with Crippen molar-refractivity contribution in [1.29, 1.82) is 0 Å². The molecule has 0 radical (unpaired) electrons. The van der Waals surface area contributed by atoms with E-state index in [0.717, 1.165) is 29.6 Å². The highest BCUT2D eigenvalue weighted by Gasteiger charge is 2.56. The molecule has 0 N–H and O–H groups in total. The third-order valence-corrected chi connectivity index (χ3v) is 10.3. The molecule has 4 rings (SSSR count). The second-order valence-electron chi connectivity index (χ2n) is 12.3. The zero-order chi connectivity index (χ0) is 21.0. The molecular weight excluding hydrogens is 348 g/mol. The molecular formula is C29H46. The molecule has 3 fully saturated rings. The summed E-state index contributed by atoms with van der Waals surface area (Å²) < 4.78 is 0. The minimum Gasteiger partial charge on any atom is -0.0852 e. The maximum Gasteiger partial charge on any atom is -0.00474 e. The maximum absolute atomic E-state index is 2.66. The third kappa shape index (κ3) is 3.51. The van der Waals surface area contributed by atoms with Crippen LogP contribution in [0.25, 0.3) is 0 Å². The Morgan fingerprint density at radius 1 is 0.897 bits per heavy atom. The van der Waals surface area contributed by atoms with Gasteiger partial charge in [-0.05, 0) is 97.2 Å². The summed E-state index contributed by atoms with van der Waals surface area (Å²) in [7, 11) is 0. The molecule has 4 aliphatic carbocycles. The van der Waals surface area contributed by atoms with Crippen LogP contribution < -0.4 is 0 Å². The first-order valence-electron chi connectivity index (χ1n) is 12.8. The molecule has 4 aliphatic rings. The Morgan fingerprint density at radius 3 is 2.38 bits per heavy atom. The predicted molar refractivity (Wildman–Crippen MR) is 127 cm³/mol. The first-order chi connectivity index (χ1) is 13.7. The Balaban J connectivity index is 1.57. The molecule has 0 heterocycles. The van der Waals surface area contributed by atoms with Crippen molar-refractivity contribution < 1.29 is 0 Å². The Labute approximate surface area is 181 Å². The number of fused-ring (bicyclic) bond motifs is 5. The van der Waals surface area contributed by atoms with Gasteiger partial charge in [0.15, 0.2) is 0 Å². The van der Waals surface area contributed by atoms with Crippen LogP contribution in [0.2, 0.25) is 0 Å². The van der Waals surface area contributed by atoms with E-state index in [1.807, 2.05) is 5.57 Å². The second-order valence-corrected chi connectivity index (χ2v) is 12.3. The minimum absolute atomic E-state index is 0.466. The summed E-state index contributed by atoms with van der Waals surface area (Å²) >= 11 is 0. The molecule has 8 atom stereocenters. The second kappa shape index (κ2) is 7.72. The van der Waals surface area contributed by atoms with Gasteiger partial charge in [0.25, 0.3) is 0 Å². The van der Waals surface area contributed by atoms with Crippen LogP contribution in [0.1, 0.15) is 93.4 Å². The molecule has 0 saturated heterocycles. The lowest BCUT2D eigenvalue weighted by Crippen LogP contribution is -2.45. The van der Waals surface area contributed by atoms with E-state index >= 15 is 0 Å². The number of allylic oxidation sites excluding steroid dienone is 6. The zero-order valence-electron chi connectivity index (χ0n) is 20.3. The van der Waals surface area contributed by atoms with Crippen LogP contribution in [0.3, 0.4) is 0 Å². The SMILES string of the molecule is CC1CCC2(C)C(=CC=C3C2CC[C@@]2(C)C3CCC2C(C)/C=C/C(C)C(C)C)C1. The smallest absolute Gasteiger partial charge is 0.00474 e. The highest BCUT2D eigenvalue weighted by atomic mass is 14.6. The average molecular weight is 395 g/mol. The van der Waals surface area contributed by atoms with Crippen LogP contribution in [-0.2, 0) is 0 Å². The summed E-state index contributed by atoms with van der Waals surface area (Å²) in [5, 5.41) is 0. The van der Waals surface area contributed by atoms with E-state index in [-0.39, 0.29) is 0 Å². The van der Waals surface area contributed by atoms with E-state index in [0.29, 0.717) is 22.7 Å². The van der Waals surface area contributed by atoms with Crippen LogP contribution >= 0.6 is 0 Å². The van der Waals surface area contributed by atoms with Crippen molar-refractivity contribution in [3.63, 3.8) is 0 Å². The van der Waals surface area contributed by atoms with Crippen molar-refractivity contribution in [2.24, 2.45) is 52.3 Å². The Morgan fingerprint density at radius 2 is 1.66 bits per heavy atom. The standard InChI is InChI=1S/C29H46/c1-19(2)21(4)8-9-22(5)25-12-13-26-24-11-10-23-18-20(3)14-16-28(23,6)27(24)15-17-29(25,26)7/h8-11,19-22,25-27H,12-18H2,1-7H3/b9-8+/t20?,21?,22?,25?,26?,27?,28?,29-/m1/s1. The lowest BCUT2D eigenvalue weighted by molar-refractivity contribution is 0.0539. The van der Waals surface area contributed by atoms with Gasteiger partial charge in [-0.1, -0.05) is 83.9 Å². The van der Waals surface area contributed by atoms with Crippen molar-refractivity contribution in [3.8, 4) is 0 Å². The van der Waals surface area contributed by atoms with Crippen LogP contribution in [0.15, 0.2) is 35.5 Å². The number of hydrogen-bond acceptors (Lipinski definition) is 0. The van der Waals surface area contributed by atoms with Crippen molar-refractivity contribution in [1.82, 2.24) is 0 Å². The van der Waals surface area contributed by atoms with Crippen molar-refractivity contribution in [3.05, 3.63) is 35.5 Å². The lowest BCUT2D eigenvalue weighted by Gasteiger charge is -2.55. The van der Waals surface area contributed by atoms with Gasteiger partial charge < -0.3 is 0 Å². The van der Waals surface area contributed by atoms with Crippen LogP contribution in [0.5, 0.6) is 0 Å². The van der Waals surface area contributed by atoms with Gasteiger partial charge in [0, 0.05) is 0 Å². The first-order valence-corrected chi connectivity index (χ1v) is 12.8. The van der Waals surface area contributed by atoms with Gasteiger partial charge in [-0.15, -0.1) is 0 Å². The fourth-order valence-corrected chi connectivity index (χ4v) is 7.80. The summed E-state index contributed by atoms with van der Waals surface area (Å²) in [6.07, 6.45) is 20.2. The third-order valence-electron chi connectivity index (χ3n) is 10.3. The Hall–Kier alpha value is -0.780. The summed E-state index contributed by atoms with van der Waals surface area (Å²) in [5.41, 5.74) is 4.61. The minimum atomic E-state index is 0.466. The summed E-state index contributed by atoms with van der Waals surface area (Å²) in [6, 6.07) is 0. The van der Waals surface area contributed by atoms with E-state index in [2.05, 4.69) is 72.8 Å². The van der Waals surface area contributed by atoms with E-state index in [4.69, 9.17) is 0 Å². The summed E-state index contributed by atoms with van der Waals surface area (Å²) in [4.78, 5) is 0. The topological polar surface area (TPSA) is 0 Å². The van der Waals surface area contributed by atoms with Gasteiger partial charge in [0.05, 0.1) is 0 Å². The van der Waals surface area contributed by atoms with Gasteiger partial charge >= 0.3 is 0 Å². The molecule has 0 heteroatoms. The van der Waals surface area contributed by atoms with E-state index in [9.17, 15) is 0 Å². The maximum atomic E-state index is 2.66. The van der Waals surface area contributed by atoms with Crippen molar-refractivity contribution in [2.75, 3.05) is 0 Å². The number of rotatable bonds is 4. The van der Waals surface area contributed by atoms with Crippen molar-refractivity contribution >= 4 is 0 Å². The summed E-state index contributed by atoms with van der Waals surface area (Å²) in [6.45, 7) is 17.3. The molecule has 29 heavy (non-hydrogen) atoms. The molecule has 0 nitrogen and oxygen atoms in total. The van der Waals surface area contributed by atoms with E-state index in [1.54, 1.807) is 5.57 Å². The van der Waals surface area contributed by atoms with E-state index in [1.165, 1.54) is 44.9 Å². The van der Waals surface area contributed by atoms with Crippen LogP contribution in [0, 0.1) is 52.3 Å². The molecule has 162 valence electrons. The van der Waals surface area contributed by atoms with Crippen molar-refractivity contribution in [2.45, 2.75) is 93.4 Å². The molecule has 0 amide bonds. The van der Waals surface area contributed by atoms with Gasteiger partial charge in [-0.2, -0.15) is 0 Å². The molecule has 0 spiro atoms. The number of hydrogen-bond donors (Lipinski definition) is 0. The molecule has 0 bridgehead atoms. The summed E-state index contributed by atoms with van der Waals surface area (Å²) in [5.74, 6) is 5.55. The predicted octanol–water partition coefficient (Wildman–Crippen LogP) is 8.61. The molecule has 0 aromatic rings. The van der Waals surface area contributed by atoms with E-state index < -0.39 is 0 Å². The molecule has 0 aliphatic heterocycles. The normalized spacial score (nSPS) is 44.0. The molecule has 0 aromatic heterocycles. The highest BCUT2D eigenvalue weighted by molar-refractivity contribution is 5.38. The van der Waals surface area contributed by atoms with Gasteiger partial charge in [0.1, 0.15) is 0 Å². The first kappa shape index (κ1) is 21.5. The molecule has 7 unspecified atom stereocenters. The molecule has 0 aromatic carbocycles. The van der Waals surface area contributed by atoms with Gasteiger partial charge in [-0.3, -0.25) is 0 Å². The average Bonchev–Trinajstić information content (AvgIpc) is 3.03. The zero-order valence-corrected chi connectivity index (χ0v) is 20.3. The van der Waals surface area contributed by atoms with Gasteiger partial charge in [0.2, 0.25) is 0 Å². The monoisotopic (exact) mass is 394 g/mol. The molecule has 3 saturated carbocycles. The fraction of sp³-hybridized carbons (Fsp3) is 0.793. The van der Waals surface area contributed by atoms with Crippen LogP contribution in [-0.4, -0.2) is 0 Å². The highest BCUT2D eigenvalue weighted by Crippen LogP contribution is 2.66.